The van der Waals surface area contributed by atoms with Gasteiger partial charge in [0.25, 0.3) is 0 Å². The molecule has 0 radical (unpaired) electrons. The Hall–Kier alpha value is -2.23. The zero-order valence-corrected chi connectivity index (χ0v) is 20.6. The third kappa shape index (κ3) is 19.5. The fraction of sp³-hybridized carbons (Fsp3) is 0.619. The highest BCUT2D eigenvalue weighted by Gasteiger charge is 2.17. The molecule has 9 nitrogen and oxygen atoms in total. The molecule has 10 heteroatoms. The number of anilines is 1. The molecule has 2 amide bonds. The lowest BCUT2D eigenvalue weighted by atomic mass is 10.0. The van der Waals surface area contributed by atoms with Gasteiger partial charge in [0.1, 0.15) is 5.15 Å². The van der Waals surface area contributed by atoms with E-state index >= 15 is 0 Å². The summed E-state index contributed by atoms with van der Waals surface area (Å²) in [5, 5.41) is 5.72. The molecule has 6 N–H and O–H groups in total. The summed E-state index contributed by atoms with van der Waals surface area (Å²) in [6.45, 7) is 10.8. The number of aromatic nitrogens is 1. The highest BCUT2D eigenvalue weighted by Crippen LogP contribution is 2.15. The summed E-state index contributed by atoms with van der Waals surface area (Å²) in [7, 11) is 3.22. The minimum Gasteiger partial charge on any atom is -0.387 e. The minimum atomic E-state index is -0.342. The summed E-state index contributed by atoms with van der Waals surface area (Å²) in [5.41, 5.74) is 10.8. The molecule has 1 heterocycles. The summed E-state index contributed by atoms with van der Waals surface area (Å²) in [5.74, 6) is -0.583. The van der Waals surface area contributed by atoms with Gasteiger partial charge in [-0.1, -0.05) is 25.4 Å². The van der Waals surface area contributed by atoms with Gasteiger partial charge < -0.3 is 26.8 Å². The number of hydrogen-bond donors (Lipinski definition) is 4. The van der Waals surface area contributed by atoms with E-state index in [2.05, 4.69) is 21.4 Å². The number of ether oxygens (including phenoxy) is 1. The van der Waals surface area contributed by atoms with Crippen LogP contribution in [0.5, 0.6) is 0 Å². The van der Waals surface area contributed by atoms with E-state index in [-0.39, 0.29) is 17.4 Å². The molecule has 1 atom stereocenters. The quantitative estimate of drug-likeness (QED) is 0.237. The standard InChI is InChI=1S/C11H22N2O3.C7H7ClN2O.C2H6.CH5N/c1-11(2,3)16-7-5-9(10(12)15)4-6-13-8-14;1-9-6-2-7(8)10-3-5(6)4-11;2*1-2/h8-9H,4-7H2,1-3H3,(H2,12,15)(H,13,14);2-4H,1H3,(H,9,10);1-2H3;2H2,1H3. The maximum absolute atomic E-state index is 11.1. The van der Waals surface area contributed by atoms with Crippen LogP contribution in [0.15, 0.2) is 12.3 Å². The van der Waals surface area contributed by atoms with E-state index < -0.39 is 0 Å². The predicted octanol–water partition coefficient (Wildman–Crippen LogP) is 2.62. The van der Waals surface area contributed by atoms with Crippen LogP contribution in [0.25, 0.3) is 0 Å². The van der Waals surface area contributed by atoms with Gasteiger partial charge in [0.2, 0.25) is 12.3 Å². The van der Waals surface area contributed by atoms with Gasteiger partial charge in [0.05, 0.1) is 11.2 Å². The van der Waals surface area contributed by atoms with Crippen molar-refractivity contribution in [2.75, 3.05) is 32.6 Å². The number of pyridine rings is 1. The van der Waals surface area contributed by atoms with Crippen molar-refractivity contribution in [3.63, 3.8) is 0 Å². The smallest absolute Gasteiger partial charge is 0.220 e. The van der Waals surface area contributed by atoms with Gasteiger partial charge in [-0.15, -0.1) is 0 Å². The third-order valence-corrected chi connectivity index (χ3v) is 3.63. The molecule has 0 saturated carbocycles. The van der Waals surface area contributed by atoms with Gasteiger partial charge in [0, 0.05) is 38.0 Å². The average molecular weight is 462 g/mol. The fourth-order valence-electron chi connectivity index (χ4n) is 2.00. The minimum absolute atomic E-state index is 0.205. The van der Waals surface area contributed by atoms with Gasteiger partial charge in [0.15, 0.2) is 6.29 Å². The molecule has 0 saturated heterocycles. The highest BCUT2D eigenvalue weighted by atomic mass is 35.5. The first-order valence-corrected chi connectivity index (χ1v) is 10.5. The lowest BCUT2D eigenvalue weighted by Gasteiger charge is -2.21. The lowest BCUT2D eigenvalue weighted by molar-refractivity contribution is -0.123. The Kier molecular flexibility index (Phi) is 22.7. The summed E-state index contributed by atoms with van der Waals surface area (Å²) in [6.07, 6.45) is 3.93. The molecule has 0 aliphatic rings. The molecular formula is C21H40ClN5O4. The van der Waals surface area contributed by atoms with Crippen LogP contribution in [-0.4, -0.2) is 56.4 Å². The van der Waals surface area contributed by atoms with Crippen LogP contribution in [0.2, 0.25) is 5.15 Å². The summed E-state index contributed by atoms with van der Waals surface area (Å²) in [6, 6.07) is 1.60. The zero-order valence-electron chi connectivity index (χ0n) is 19.8. The number of carbonyl (C=O) groups excluding carboxylic acids is 3. The molecule has 0 aliphatic carbocycles. The maximum Gasteiger partial charge on any atom is 0.220 e. The van der Waals surface area contributed by atoms with Crippen molar-refractivity contribution >= 4 is 35.9 Å². The van der Waals surface area contributed by atoms with Crippen LogP contribution in [0.3, 0.4) is 0 Å². The fourth-order valence-corrected chi connectivity index (χ4v) is 2.16. The molecule has 0 bridgehead atoms. The van der Waals surface area contributed by atoms with Crippen molar-refractivity contribution < 1.29 is 19.1 Å². The van der Waals surface area contributed by atoms with Crippen molar-refractivity contribution in [3.05, 3.63) is 23.0 Å². The van der Waals surface area contributed by atoms with Crippen molar-refractivity contribution in [1.82, 2.24) is 10.3 Å². The number of primary amides is 1. The first-order valence-electron chi connectivity index (χ1n) is 10.1. The van der Waals surface area contributed by atoms with Crippen LogP contribution in [0.4, 0.5) is 5.69 Å². The average Bonchev–Trinajstić information content (AvgIpc) is 2.75. The number of amides is 2. The highest BCUT2D eigenvalue weighted by molar-refractivity contribution is 6.29. The largest absolute Gasteiger partial charge is 0.387 e. The topological polar surface area (TPSA) is 149 Å². The van der Waals surface area contributed by atoms with E-state index in [1.54, 1.807) is 13.1 Å². The molecule has 31 heavy (non-hydrogen) atoms. The normalized spacial score (nSPS) is 10.5. The Bertz CT molecular complexity index is 610. The van der Waals surface area contributed by atoms with Crippen molar-refractivity contribution in [2.24, 2.45) is 17.4 Å². The third-order valence-electron chi connectivity index (χ3n) is 3.42. The second kappa shape index (κ2) is 21.0. The molecule has 180 valence electrons. The summed E-state index contributed by atoms with van der Waals surface area (Å²) >= 11 is 5.59. The van der Waals surface area contributed by atoms with Crippen molar-refractivity contribution in [1.29, 1.82) is 0 Å². The van der Waals surface area contributed by atoms with Crippen LogP contribution < -0.4 is 22.1 Å². The zero-order chi connectivity index (χ0) is 24.9. The maximum atomic E-state index is 11.1. The van der Waals surface area contributed by atoms with E-state index in [1.165, 1.54) is 13.2 Å². The Labute approximate surface area is 191 Å². The number of carbonyl (C=O) groups is 3. The van der Waals surface area contributed by atoms with E-state index in [9.17, 15) is 14.4 Å². The number of nitrogens with zero attached hydrogens (tertiary/aromatic N) is 1. The number of rotatable bonds is 10. The molecule has 0 spiro atoms. The second-order valence-corrected chi connectivity index (χ2v) is 7.06. The van der Waals surface area contributed by atoms with E-state index in [0.29, 0.717) is 48.8 Å². The van der Waals surface area contributed by atoms with Crippen LogP contribution in [-0.2, 0) is 14.3 Å². The van der Waals surface area contributed by atoms with Gasteiger partial charge in [-0.2, -0.15) is 0 Å². The van der Waals surface area contributed by atoms with Crippen LogP contribution in [0.1, 0.15) is 57.8 Å². The first kappa shape index (κ1) is 33.4. The Morgan fingerprint density at radius 3 is 2.26 bits per heavy atom. The molecule has 0 aliphatic heterocycles. The van der Waals surface area contributed by atoms with Gasteiger partial charge in [-0.05, 0) is 46.7 Å². The van der Waals surface area contributed by atoms with E-state index in [0.717, 1.165) is 6.29 Å². The van der Waals surface area contributed by atoms with Gasteiger partial charge in [-0.25, -0.2) is 4.98 Å². The predicted molar refractivity (Wildman–Crippen MR) is 127 cm³/mol. The van der Waals surface area contributed by atoms with Gasteiger partial charge in [-0.3, -0.25) is 14.4 Å². The van der Waals surface area contributed by atoms with Crippen LogP contribution >= 0.6 is 11.6 Å². The Balaban J connectivity index is -0.000000453. The summed E-state index contributed by atoms with van der Waals surface area (Å²) in [4.78, 5) is 35.3. The molecule has 0 aromatic carbocycles. The second-order valence-electron chi connectivity index (χ2n) is 6.67. The van der Waals surface area contributed by atoms with Crippen molar-refractivity contribution in [2.45, 2.75) is 53.1 Å². The molecule has 0 fully saturated rings. The van der Waals surface area contributed by atoms with Crippen LogP contribution in [0, 0.1) is 5.92 Å². The Morgan fingerprint density at radius 1 is 1.26 bits per heavy atom. The lowest BCUT2D eigenvalue weighted by Crippen LogP contribution is -2.29. The summed E-state index contributed by atoms with van der Waals surface area (Å²) < 4.78 is 5.52. The number of hydrogen-bond acceptors (Lipinski definition) is 7. The molecule has 1 aromatic rings. The molecular weight excluding hydrogens is 422 g/mol. The van der Waals surface area contributed by atoms with Gasteiger partial charge >= 0.3 is 0 Å². The van der Waals surface area contributed by atoms with E-state index in [1.807, 2.05) is 34.6 Å². The first-order chi connectivity index (χ1) is 14.6. The molecule has 1 rings (SSSR count). The van der Waals surface area contributed by atoms with Crippen molar-refractivity contribution in [3.8, 4) is 0 Å². The Morgan fingerprint density at radius 2 is 1.84 bits per heavy atom. The number of aldehydes is 1. The van der Waals surface area contributed by atoms with E-state index in [4.69, 9.17) is 22.1 Å². The molecule has 1 unspecified atom stereocenters. The monoisotopic (exact) mass is 461 g/mol. The number of nitrogens with one attached hydrogen (secondary N) is 2. The number of nitrogens with two attached hydrogens (primary N) is 2. The molecule has 1 aromatic heterocycles. The SMILES string of the molecule is CC.CC(C)(C)OCCC(CCNC=O)C(N)=O.CN.CNc1cc(Cl)ncc1C=O. The number of halogens is 1.